The summed E-state index contributed by atoms with van der Waals surface area (Å²) in [7, 11) is 0. The van der Waals surface area contributed by atoms with Gasteiger partial charge in [-0.3, -0.25) is 0 Å². The summed E-state index contributed by atoms with van der Waals surface area (Å²) in [6.45, 7) is 4.51. The highest BCUT2D eigenvalue weighted by Crippen LogP contribution is 2.11. The molecule has 0 amide bonds. The molecular weight excluding hydrogens is 218 g/mol. The first-order valence-corrected chi connectivity index (χ1v) is 5.26. The zero-order valence-corrected chi connectivity index (χ0v) is 9.71. The van der Waals surface area contributed by atoms with Crippen molar-refractivity contribution in [2.45, 2.75) is 20.4 Å². The number of rotatable bonds is 3. The maximum Gasteiger partial charge on any atom is 0.358 e. The molecule has 0 saturated heterocycles. The van der Waals surface area contributed by atoms with E-state index in [4.69, 9.17) is 5.11 Å². The standard InChI is InChI=1S/C12H13N3O2/c1-8-3-4-9(2)10(5-8)7-15-13-6-11(14-15)12(16)17/h3-6H,7H2,1-2H3,(H,16,17). The molecule has 5 heteroatoms. The van der Waals surface area contributed by atoms with Gasteiger partial charge in [0.2, 0.25) is 0 Å². The van der Waals surface area contributed by atoms with Gasteiger partial charge in [-0.05, 0) is 25.0 Å². The minimum Gasteiger partial charge on any atom is -0.476 e. The number of benzene rings is 1. The first-order valence-electron chi connectivity index (χ1n) is 5.26. The predicted octanol–water partition coefficient (Wildman–Crippen LogP) is 1.64. The lowest BCUT2D eigenvalue weighted by Crippen LogP contribution is -2.07. The summed E-state index contributed by atoms with van der Waals surface area (Å²) in [6, 6.07) is 6.13. The van der Waals surface area contributed by atoms with E-state index in [1.165, 1.54) is 11.0 Å². The average Bonchev–Trinajstić information content (AvgIpc) is 2.72. The van der Waals surface area contributed by atoms with Crippen LogP contribution >= 0.6 is 0 Å². The molecule has 0 saturated carbocycles. The van der Waals surface area contributed by atoms with Crippen LogP contribution in [0, 0.1) is 13.8 Å². The number of carbonyl (C=O) groups is 1. The van der Waals surface area contributed by atoms with E-state index in [9.17, 15) is 4.79 Å². The van der Waals surface area contributed by atoms with Gasteiger partial charge in [-0.25, -0.2) is 4.79 Å². The van der Waals surface area contributed by atoms with E-state index in [1.54, 1.807) is 0 Å². The highest BCUT2D eigenvalue weighted by molar-refractivity contribution is 5.84. The quantitative estimate of drug-likeness (QED) is 0.871. The van der Waals surface area contributed by atoms with Crippen molar-refractivity contribution in [3.8, 4) is 0 Å². The summed E-state index contributed by atoms with van der Waals surface area (Å²) in [5, 5.41) is 16.6. The lowest BCUT2D eigenvalue weighted by atomic mass is 10.1. The molecule has 5 nitrogen and oxygen atoms in total. The van der Waals surface area contributed by atoms with E-state index in [-0.39, 0.29) is 5.69 Å². The van der Waals surface area contributed by atoms with Crippen LogP contribution in [0.2, 0.25) is 0 Å². The fourth-order valence-corrected chi connectivity index (χ4v) is 1.59. The van der Waals surface area contributed by atoms with Gasteiger partial charge < -0.3 is 5.11 Å². The fraction of sp³-hybridized carbons (Fsp3) is 0.250. The summed E-state index contributed by atoms with van der Waals surface area (Å²) in [6.07, 6.45) is 1.26. The van der Waals surface area contributed by atoms with Crippen LogP contribution < -0.4 is 0 Å². The molecule has 1 aromatic carbocycles. The molecule has 2 rings (SSSR count). The Morgan fingerprint density at radius 1 is 1.41 bits per heavy atom. The number of aromatic nitrogens is 3. The molecule has 0 unspecified atom stereocenters. The molecule has 0 spiro atoms. The molecular formula is C12H13N3O2. The van der Waals surface area contributed by atoms with Crippen molar-refractivity contribution >= 4 is 5.97 Å². The Morgan fingerprint density at radius 3 is 2.82 bits per heavy atom. The monoisotopic (exact) mass is 231 g/mol. The molecule has 2 aromatic rings. The lowest BCUT2D eigenvalue weighted by molar-refractivity contribution is 0.0689. The van der Waals surface area contributed by atoms with Crippen LogP contribution in [-0.2, 0) is 6.54 Å². The second-order valence-corrected chi connectivity index (χ2v) is 4.00. The predicted molar refractivity (Wildman–Crippen MR) is 62.0 cm³/mol. The molecule has 1 N–H and O–H groups in total. The third kappa shape index (κ3) is 2.50. The van der Waals surface area contributed by atoms with Crippen molar-refractivity contribution in [2.24, 2.45) is 0 Å². The lowest BCUT2D eigenvalue weighted by Gasteiger charge is -2.06. The van der Waals surface area contributed by atoms with Crippen molar-refractivity contribution in [3.05, 3.63) is 46.8 Å². The van der Waals surface area contributed by atoms with E-state index in [1.807, 2.05) is 26.0 Å². The molecule has 0 bridgehead atoms. The van der Waals surface area contributed by atoms with E-state index in [2.05, 4.69) is 16.3 Å². The zero-order chi connectivity index (χ0) is 12.4. The number of hydrogen-bond donors (Lipinski definition) is 1. The van der Waals surface area contributed by atoms with Crippen molar-refractivity contribution in [2.75, 3.05) is 0 Å². The Kier molecular flexibility index (Phi) is 2.91. The Hall–Kier alpha value is -2.17. The Labute approximate surface area is 98.7 Å². The summed E-state index contributed by atoms with van der Waals surface area (Å²) in [4.78, 5) is 12.1. The van der Waals surface area contributed by atoms with Crippen molar-refractivity contribution in [1.29, 1.82) is 0 Å². The summed E-state index contributed by atoms with van der Waals surface area (Å²) in [5.74, 6) is -1.06. The molecule has 0 aliphatic rings. The van der Waals surface area contributed by atoms with Gasteiger partial charge in [-0.1, -0.05) is 23.8 Å². The van der Waals surface area contributed by atoms with Crippen LogP contribution in [0.5, 0.6) is 0 Å². The highest BCUT2D eigenvalue weighted by Gasteiger charge is 2.09. The molecule has 1 aromatic heterocycles. The van der Waals surface area contributed by atoms with Gasteiger partial charge in [0.05, 0.1) is 12.7 Å². The highest BCUT2D eigenvalue weighted by atomic mass is 16.4. The molecule has 1 heterocycles. The second-order valence-electron chi connectivity index (χ2n) is 4.00. The van der Waals surface area contributed by atoms with Crippen LogP contribution in [0.3, 0.4) is 0 Å². The average molecular weight is 231 g/mol. The Morgan fingerprint density at radius 2 is 2.18 bits per heavy atom. The number of aryl methyl sites for hydroxylation is 2. The van der Waals surface area contributed by atoms with Crippen molar-refractivity contribution in [3.63, 3.8) is 0 Å². The van der Waals surface area contributed by atoms with Gasteiger partial charge in [0.1, 0.15) is 0 Å². The normalized spacial score (nSPS) is 10.5. The first-order chi connectivity index (χ1) is 8.06. The summed E-state index contributed by atoms with van der Waals surface area (Å²) >= 11 is 0. The largest absolute Gasteiger partial charge is 0.476 e. The van der Waals surface area contributed by atoms with Crippen LogP contribution in [0.1, 0.15) is 27.2 Å². The summed E-state index contributed by atoms with van der Waals surface area (Å²) in [5.41, 5.74) is 3.37. The van der Waals surface area contributed by atoms with Gasteiger partial charge in [-0.2, -0.15) is 9.90 Å². The molecule has 0 fully saturated rings. The molecule has 17 heavy (non-hydrogen) atoms. The van der Waals surface area contributed by atoms with E-state index >= 15 is 0 Å². The van der Waals surface area contributed by atoms with Gasteiger partial charge in [0.15, 0.2) is 5.69 Å². The number of hydrogen-bond acceptors (Lipinski definition) is 3. The molecule has 0 atom stereocenters. The van der Waals surface area contributed by atoms with E-state index < -0.39 is 5.97 Å². The molecule has 88 valence electrons. The zero-order valence-electron chi connectivity index (χ0n) is 9.71. The van der Waals surface area contributed by atoms with Crippen LogP contribution in [0.4, 0.5) is 0 Å². The van der Waals surface area contributed by atoms with Gasteiger partial charge >= 0.3 is 5.97 Å². The van der Waals surface area contributed by atoms with Gasteiger partial charge in [0.25, 0.3) is 0 Å². The third-order valence-corrected chi connectivity index (χ3v) is 2.57. The number of nitrogens with zero attached hydrogens (tertiary/aromatic N) is 3. The SMILES string of the molecule is Cc1ccc(C)c(Cn2ncc(C(=O)O)n2)c1. The minimum absolute atomic E-state index is 0.0321. The topological polar surface area (TPSA) is 68.0 Å². The maximum atomic E-state index is 10.7. The smallest absolute Gasteiger partial charge is 0.358 e. The number of aromatic carboxylic acids is 1. The van der Waals surface area contributed by atoms with Gasteiger partial charge in [0, 0.05) is 0 Å². The molecule has 0 aliphatic carbocycles. The third-order valence-electron chi connectivity index (χ3n) is 2.57. The van der Waals surface area contributed by atoms with Crippen molar-refractivity contribution in [1.82, 2.24) is 15.0 Å². The minimum atomic E-state index is -1.06. The molecule has 0 radical (unpaired) electrons. The summed E-state index contributed by atoms with van der Waals surface area (Å²) < 4.78 is 0. The second kappa shape index (κ2) is 4.37. The van der Waals surface area contributed by atoms with E-state index in [0.717, 1.165) is 16.7 Å². The van der Waals surface area contributed by atoms with Gasteiger partial charge in [-0.15, -0.1) is 5.10 Å². The van der Waals surface area contributed by atoms with Crippen molar-refractivity contribution < 1.29 is 9.90 Å². The van der Waals surface area contributed by atoms with E-state index in [0.29, 0.717) is 6.54 Å². The number of carboxylic acid groups (broad SMARTS) is 1. The fourth-order valence-electron chi connectivity index (χ4n) is 1.59. The number of carboxylic acids is 1. The maximum absolute atomic E-state index is 10.7. The van der Waals surface area contributed by atoms with Crippen LogP contribution in [0.25, 0.3) is 0 Å². The Balaban J connectivity index is 2.25. The molecule has 0 aliphatic heterocycles. The Bertz CT molecular complexity index is 561. The first kappa shape index (κ1) is 11.3. The van der Waals surface area contributed by atoms with Crippen LogP contribution in [0.15, 0.2) is 24.4 Å². The van der Waals surface area contributed by atoms with Crippen LogP contribution in [-0.4, -0.2) is 26.1 Å².